The number of aliphatic hydroxyl groups excluding tert-OH is 1. The van der Waals surface area contributed by atoms with Gasteiger partial charge in [0.05, 0.1) is 17.9 Å². The number of Topliss-reactive ketones (excluding diaryl/α,β-unsaturated/α-hetero) is 1. The topological polar surface area (TPSA) is 79.7 Å². The minimum absolute atomic E-state index is 0.0136. The molecule has 0 spiro atoms. The molecule has 1 atom stereocenters. The second-order valence-electron chi connectivity index (χ2n) is 8.23. The van der Waals surface area contributed by atoms with Crippen molar-refractivity contribution in [2.75, 3.05) is 6.61 Å². The van der Waals surface area contributed by atoms with E-state index >= 15 is 0 Å². The number of pyridine rings is 1. The van der Waals surface area contributed by atoms with Gasteiger partial charge in [-0.05, 0) is 62.1 Å². The summed E-state index contributed by atoms with van der Waals surface area (Å²) in [7, 11) is 0. The van der Waals surface area contributed by atoms with Crippen LogP contribution in [0.4, 0.5) is 0 Å². The zero-order chi connectivity index (χ0) is 22.0. The Hall–Kier alpha value is -3.15. The number of carbonyl (C=O) groups is 2. The number of aromatic nitrogens is 1. The third kappa shape index (κ3) is 3.94. The third-order valence-corrected chi connectivity index (χ3v) is 6.08. The number of benzene rings is 1. The summed E-state index contributed by atoms with van der Waals surface area (Å²) in [6.07, 6.45) is 6.32. The van der Waals surface area contributed by atoms with Gasteiger partial charge in [0.2, 0.25) is 0 Å². The number of aliphatic hydroxyl groups is 1. The van der Waals surface area contributed by atoms with Gasteiger partial charge in [-0.15, -0.1) is 0 Å². The van der Waals surface area contributed by atoms with E-state index in [2.05, 4.69) is 4.98 Å². The van der Waals surface area contributed by atoms with Gasteiger partial charge in [-0.2, -0.15) is 0 Å². The number of hydrogen-bond acceptors (Lipinski definition) is 5. The number of ketones is 1. The minimum atomic E-state index is -0.680. The number of likely N-dealkylation sites (tertiary alicyclic amines) is 1. The van der Waals surface area contributed by atoms with Gasteiger partial charge in [-0.1, -0.05) is 25.8 Å². The van der Waals surface area contributed by atoms with Gasteiger partial charge in [0.1, 0.15) is 17.6 Å². The average molecular weight is 421 g/mol. The lowest BCUT2D eigenvalue weighted by Crippen LogP contribution is -2.37. The Morgan fingerprint density at radius 1 is 1.19 bits per heavy atom. The molecule has 6 heteroatoms. The second-order valence-corrected chi connectivity index (χ2v) is 8.23. The van der Waals surface area contributed by atoms with Crippen LogP contribution in [0.15, 0.2) is 48.2 Å². The van der Waals surface area contributed by atoms with Crippen LogP contribution < -0.4 is 4.74 Å². The van der Waals surface area contributed by atoms with E-state index in [1.807, 2.05) is 19.9 Å². The van der Waals surface area contributed by atoms with Gasteiger partial charge < -0.3 is 14.7 Å². The van der Waals surface area contributed by atoms with E-state index in [4.69, 9.17) is 4.74 Å². The quantitative estimate of drug-likeness (QED) is 0.422. The van der Waals surface area contributed by atoms with Crippen LogP contribution in [0.3, 0.4) is 0 Å². The van der Waals surface area contributed by atoms with E-state index in [1.54, 1.807) is 41.4 Å². The molecule has 1 N–H and O–H groups in total. The maximum Gasteiger partial charge on any atom is 0.295 e. The first kappa shape index (κ1) is 21.1. The standard InChI is InChI=1S/C25H28N2O4/c1-3-14-31-20-12-11-17(15-16(20)2)23(28)21-22(19-10-6-7-13-26-19)27(25(30)24(21)29)18-8-4-5-9-18/h6-7,10-13,15,18,22,28H,3-5,8-9,14H2,1-2H3/b23-21-. The summed E-state index contributed by atoms with van der Waals surface area (Å²) in [5, 5.41) is 11.2. The minimum Gasteiger partial charge on any atom is -0.507 e. The molecule has 1 aliphatic heterocycles. The molecule has 1 aromatic heterocycles. The summed E-state index contributed by atoms with van der Waals surface area (Å²) >= 11 is 0. The smallest absolute Gasteiger partial charge is 0.295 e. The Morgan fingerprint density at radius 3 is 2.61 bits per heavy atom. The zero-order valence-electron chi connectivity index (χ0n) is 18.0. The number of carbonyl (C=O) groups excluding carboxylic acids is 2. The van der Waals surface area contributed by atoms with Crippen molar-refractivity contribution in [3.05, 3.63) is 65.0 Å². The van der Waals surface area contributed by atoms with Crippen LogP contribution in [-0.2, 0) is 9.59 Å². The summed E-state index contributed by atoms with van der Waals surface area (Å²) in [5.74, 6) is -0.626. The summed E-state index contributed by atoms with van der Waals surface area (Å²) in [5.41, 5.74) is 2.05. The Kier molecular flexibility index (Phi) is 6.07. The lowest BCUT2D eigenvalue weighted by atomic mass is 9.97. The molecule has 4 rings (SSSR count). The number of ether oxygens (including phenoxy) is 1. The normalized spacial score (nSPS) is 21.1. The van der Waals surface area contributed by atoms with Crippen molar-refractivity contribution in [2.24, 2.45) is 0 Å². The maximum atomic E-state index is 13.1. The van der Waals surface area contributed by atoms with Gasteiger partial charge in [0.25, 0.3) is 11.7 Å². The molecule has 1 amide bonds. The molecule has 1 saturated heterocycles. The Balaban J connectivity index is 1.80. The first-order valence-corrected chi connectivity index (χ1v) is 11.0. The van der Waals surface area contributed by atoms with Crippen molar-refractivity contribution < 1.29 is 19.4 Å². The van der Waals surface area contributed by atoms with Crippen LogP contribution in [0.2, 0.25) is 0 Å². The molecule has 6 nitrogen and oxygen atoms in total. The molecule has 0 bridgehead atoms. The van der Waals surface area contributed by atoms with Crippen molar-refractivity contribution in [3.8, 4) is 5.75 Å². The highest BCUT2D eigenvalue weighted by atomic mass is 16.5. The van der Waals surface area contributed by atoms with Crippen LogP contribution in [0, 0.1) is 6.92 Å². The predicted octanol–water partition coefficient (Wildman–Crippen LogP) is 4.54. The molecule has 31 heavy (non-hydrogen) atoms. The van der Waals surface area contributed by atoms with Crippen molar-refractivity contribution >= 4 is 17.4 Å². The van der Waals surface area contributed by atoms with Gasteiger partial charge in [-0.3, -0.25) is 14.6 Å². The van der Waals surface area contributed by atoms with E-state index in [0.29, 0.717) is 17.9 Å². The van der Waals surface area contributed by atoms with Crippen LogP contribution in [-0.4, -0.2) is 39.3 Å². The second kappa shape index (κ2) is 8.92. The Bertz CT molecular complexity index is 1010. The Labute approximate surface area is 182 Å². The monoisotopic (exact) mass is 420 g/mol. The summed E-state index contributed by atoms with van der Waals surface area (Å²) < 4.78 is 5.72. The lowest BCUT2D eigenvalue weighted by Gasteiger charge is -2.30. The van der Waals surface area contributed by atoms with E-state index in [0.717, 1.165) is 43.4 Å². The van der Waals surface area contributed by atoms with Gasteiger partial charge in [0, 0.05) is 17.8 Å². The van der Waals surface area contributed by atoms with Crippen LogP contribution in [0.25, 0.3) is 5.76 Å². The molecule has 1 saturated carbocycles. The fourth-order valence-electron chi connectivity index (χ4n) is 4.56. The van der Waals surface area contributed by atoms with Crippen LogP contribution in [0.5, 0.6) is 5.75 Å². The summed E-state index contributed by atoms with van der Waals surface area (Å²) in [6.45, 7) is 4.55. The highest BCUT2D eigenvalue weighted by Crippen LogP contribution is 2.43. The SMILES string of the molecule is CCCOc1ccc(/C(O)=C2/C(=O)C(=O)N(C3CCCC3)C2c2ccccn2)cc1C. The van der Waals surface area contributed by atoms with Crippen LogP contribution in [0.1, 0.15) is 61.9 Å². The van der Waals surface area contributed by atoms with Crippen molar-refractivity contribution in [1.82, 2.24) is 9.88 Å². The zero-order valence-corrected chi connectivity index (χ0v) is 18.0. The van der Waals surface area contributed by atoms with E-state index in [-0.39, 0.29) is 17.4 Å². The fourth-order valence-corrected chi connectivity index (χ4v) is 4.56. The number of amides is 1. The Morgan fingerprint density at radius 2 is 1.97 bits per heavy atom. The molecule has 2 heterocycles. The molecule has 2 fully saturated rings. The number of rotatable bonds is 6. The predicted molar refractivity (Wildman–Crippen MR) is 118 cm³/mol. The molecule has 2 aliphatic rings. The number of aryl methyl sites for hydroxylation is 1. The van der Waals surface area contributed by atoms with Crippen molar-refractivity contribution in [2.45, 2.75) is 58.0 Å². The number of nitrogens with zero attached hydrogens (tertiary/aromatic N) is 2. The van der Waals surface area contributed by atoms with Crippen molar-refractivity contribution in [3.63, 3.8) is 0 Å². The molecular formula is C25H28N2O4. The van der Waals surface area contributed by atoms with Gasteiger partial charge in [0.15, 0.2) is 0 Å². The molecule has 1 unspecified atom stereocenters. The summed E-state index contributed by atoms with van der Waals surface area (Å²) in [6, 6.07) is 10.1. The van der Waals surface area contributed by atoms with E-state index in [9.17, 15) is 14.7 Å². The van der Waals surface area contributed by atoms with E-state index in [1.165, 1.54) is 0 Å². The average Bonchev–Trinajstić information content (AvgIpc) is 3.40. The van der Waals surface area contributed by atoms with Gasteiger partial charge in [-0.25, -0.2) is 0 Å². The first-order chi connectivity index (χ1) is 15.0. The molecule has 2 aromatic rings. The van der Waals surface area contributed by atoms with Crippen LogP contribution >= 0.6 is 0 Å². The van der Waals surface area contributed by atoms with Gasteiger partial charge >= 0.3 is 0 Å². The number of hydrogen-bond donors (Lipinski definition) is 1. The largest absolute Gasteiger partial charge is 0.507 e. The third-order valence-electron chi connectivity index (χ3n) is 6.08. The molecule has 1 aromatic carbocycles. The highest BCUT2D eigenvalue weighted by molar-refractivity contribution is 6.46. The highest BCUT2D eigenvalue weighted by Gasteiger charge is 2.49. The molecular weight excluding hydrogens is 392 g/mol. The summed E-state index contributed by atoms with van der Waals surface area (Å²) in [4.78, 5) is 32.2. The molecule has 1 aliphatic carbocycles. The maximum absolute atomic E-state index is 13.1. The first-order valence-electron chi connectivity index (χ1n) is 11.0. The molecule has 162 valence electrons. The molecule has 0 radical (unpaired) electrons. The lowest BCUT2D eigenvalue weighted by molar-refractivity contribution is -0.141. The van der Waals surface area contributed by atoms with Crippen molar-refractivity contribution in [1.29, 1.82) is 0 Å². The van der Waals surface area contributed by atoms with E-state index < -0.39 is 17.7 Å². The fraction of sp³-hybridized carbons (Fsp3) is 0.400.